The van der Waals surface area contributed by atoms with Crippen molar-refractivity contribution in [2.75, 3.05) is 13.2 Å². The van der Waals surface area contributed by atoms with Crippen LogP contribution in [0.15, 0.2) is 57.9 Å². The van der Waals surface area contributed by atoms with Gasteiger partial charge in [-0.25, -0.2) is 0 Å². The van der Waals surface area contributed by atoms with Gasteiger partial charge >= 0.3 is 12.4 Å². The highest BCUT2D eigenvalue weighted by atomic mass is 33.1. The van der Waals surface area contributed by atoms with E-state index in [2.05, 4.69) is 9.97 Å². The number of aliphatic hydroxyl groups is 2. The second kappa shape index (κ2) is 16.0. The van der Waals surface area contributed by atoms with Gasteiger partial charge in [0.15, 0.2) is 0 Å². The Kier molecular flexibility index (Phi) is 13.3. The molecule has 0 aliphatic heterocycles. The summed E-state index contributed by atoms with van der Waals surface area (Å²) in [6.45, 7) is 2.46. The van der Waals surface area contributed by atoms with Gasteiger partial charge in [-0.05, 0) is 37.1 Å². The molecule has 2 heterocycles. The monoisotopic (exact) mass is 638 g/mol. The molecular weight excluding hydrogens is 610 g/mol. The van der Waals surface area contributed by atoms with Crippen molar-refractivity contribution in [2.24, 2.45) is 0 Å². The zero-order chi connectivity index (χ0) is 31.5. The first kappa shape index (κ1) is 35.1. The summed E-state index contributed by atoms with van der Waals surface area (Å²) in [4.78, 5) is 34.1. The molecule has 2 aromatic rings. The van der Waals surface area contributed by atoms with Crippen LogP contribution < -0.4 is 0 Å². The fourth-order valence-electron chi connectivity index (χ4n) is 3.42. The zero-order valence-corrected chi connectivity index (χ0v) is 24.1. The summed E-state index contributed by atoms with van der Waals surface area (Å²) in [5, 5.41) is 19.2. The van der Waals surface area contributed by atoms with Gasteiger partial charge in [-0.3, -0.25) is 19.6 Å². The molecule has 0 saturated heterocycles. The first-order valence-electron chi connectivity index (χ1n) is 12.2. The number of allylic oxidation sites excluding steroid dienone is 2. The van der Waals surface area contributed by atoms with Gasteiger partial charge in [0.1, 0.15) is 11.4 Å². The third-order valence-electron chi connectivity index (χ3n) is 5.78. The Morgan fingerprint density at radius 3 is 1.33 bits per heavy atom. The third-order valence-corrected chi connectivity index (χ3v) is 8.72. The summed E-state index contributed by atoms with van der Waals surface area (Å²) in [5.74, 6) is 0. The van der Waals surface area contributed by atoms with Gasteiger partial charge in [0.05, 0.1) is 13.1 Å². The number of carbonyl (C=O) groups is 2. The van der Waals surface area contributed by atoms with Crippen LogP contribution in [0.1, 0.15) is 49.2 Å². The lowest BCUT2D eigenvalue weighted by atomic mass is 10.2. The lowest BCUT2D eigenvalue weighted by molar-refractivity contribution is -0.142. The lowest BCUT2D eigenvalue weighted by Crippen LogP contribution is -2.21. The second-order valence-corrected chi connectivity index (χ2v) is 11.0. The molecule has 0 spiro atoms. The predicted molar refractivity (Wildman–Crippen MR) is 146 cm³/mol. The number of pyridine rings is 2. The lowest BCUT2D eigenvalue weighted by Gasteiger charge is -2.23. The molecule has 0 radical (unpaired) electrons. The minimum absolute atomic E-state index is 0.0843. The highest BCUT2D eigenvalue weighted by Gasteiger charge is 2.33. The summed E-state index contributed by atoms with van der Waals surface area (Å²) >= 11 is 0. The summed E-state index contributed by atoms with van der Waals surface area (Å²) in [6.07, 6.45) is -5.93. The Labute approximate surface area is 245 Å². The largest absolute Gasteiger partial charge is 0.433 e. The summed E-state index contributed by atoms with van der Waals surface area (Å²) in [7, 11) is 2.30. The summed E-state index contributed by atoms with van der Waals surface area (Å²) < 4.78 is 76.9. The fourth-order valence-corrected chi connectivity index (χ4v) is 6.28. The molecule has 0 bridgehead atoms. The molecule has 230 valence electrons. The number of hydrogen-bond donors (Lipinski definition) is 2. The van der Waals surface area contributed by atoms with Gasteiger partial charge < -0.3 is 20.0 Å². The van der Waals surface area contributed by atoms with Crippen LogP contribution in [0.5, 0.6) is 0 Å². The normalized spacial score (nSPS) is 13.3. The van der Waals surface area contributed by atoms with Gasteiger partial charge in [-0.15, -0.1) is 0 Å². The molecule has 0 saturated carbocycles. The van der Waals surface area contributed by atoms with Gasteiger partial charge in [-0.2, -0.15) is 26.3 Å². The Balaban J connectivity index is 2.26. The van der Waals surface area contributed by atoms with Crippen molar-refractivity contribution in [1.82, 2.24) is 19.8 Å². The number of nitrogens with zero attached hydrogens (tertiary/aromatic N) is 4. The molecule has 8 nitrogen and oxygen atoms in total. The van der Waals surface area contributed by atoms with E-state index in [0.29, 0.717) is 45.2 Å². The van der Waals surface area contributed by atoms with Crippen molar-refractivity contribution < 1.29 is 46.1 Å². The average molecular weight is 639 g/mol. The third kappa shape index (κ3) is 10.3. The molecular formula is C26H28F6N4O4S2. The minimum Gasteiger partial charge on any atom is -0.396 e. The standard InChI is InChI=1S/C26H28F6N4O4S2/c1-17(35(15-39)13-19-3-5-23(33-11-19)25(27,28)29)21(7-9-37)41-42-22(8-10-38)18(2)36(16-40)14-20-4-6-24(34-12-20)26(30,31)32/h3-6,11-12,15-16,37-38H,7-10,13-14H2,1-2H3/b21-17-,22-18-. The van der Waals surface area contributed by atoms with Crippen molar-refractivity contribution in [3.8, 4) is 0 Å². The van der Waals surface area contributed by atoms with E-state index in [1.165, 1.54) is 21.9 Å². The average Bonchev–Trinajstić information content (AvgIpc) is 2.95. The minimum atomic E-state index is -4.60. The molecule has 0 fully saturated rings. The van der Waals surface area contributed by atoms with Crippen molar-refractivity contribution in [3.63, 3.8) is 0 Å². The molecule has 0 aliphatic rings. The van der Waals surface area contributed by atoms with Crippen LogP contribution >= 0.6 is 21.6 Å². The molecule has 2 rings (SSSR count). The number of halogens is 6. The summed E-state index contributed by atoms with van der Waals surface area (Å²) in [5.41, 5.74) is -0.623. The maximum absolute atomic E-state index is 12.8. The van der Waals surface area contributed by atoms with E-state index in [1.54, 1.807) is 13.8 Å². The fraction of sp³-hybridized carbons (Fsp3) is 0.385. The number of rotatable bonds is 15. The molecule has 0 aliphatic carbocycles. The quantitative estimate of drug-likeness (QED) is 0.145. The maximum atomic E-state index is 12.8. The Morgan fingerprint density at radius 2 is 1.10 bits per heavy atom. The SMILES string of the molecule is C/C(=C(\CCO)SS/C(CCO)=C(/C)N(C=O)Cc1ccc(C(F)(F)F)nc1)N(C=O)Cc1ccc(C(F)(F)F)nc1. The molecule has 0 aromatic carbocycles. The van der Waals surface area contributed by atoms with E-state index < -0.39 is 23.7 Å². The predicted octanol–water partition coefficient (Wildman–Crippen LogP) is 5.74. The van der Waals surface area contributed by atoms with E-state index in [0.717, 1.165) is 46.1 Å². The van der Waals surface area contributed by atoms with E-state index >= 15 is 0 Å². The molecule has 16 heteroatoms. The van der Waals surface area contributed by atoms with Crippen molar-refractivity contribution in [1.29, 1.82) is 0 Å². The first-order chi connectivity index (χ1) is 19.7. The number of aromatic nitrogens is 2. The van der Waals surface area contributed by atoms with E-state index in [9.17, 15) is 46.1 Å². The topological polar surface area (TPSA) is 107 Å². The van der Waals surface area contributed by atoms with Crippen LogP contribution in [0.25, 0.3) is 0 Å². The molecule has 42 heavy (non-hydrogen) atoms. The van der Waals surface area contributed by atoms with Gasteiger partial charge in [0, 0.05) is 59.7 Å². The van der Waals surface area contributed by atoms with Crippen LogP contribution in [-0.4, -0.2) is 56.0 Å². The van der Waals surface area contributed by atoms with Gasteiger partial charge in [0.2, 0.25) is 12.8 Å². The second-order valence-electron chi connectivity index (χ2n) is 8.70. The van der Waals surface area contributed by atoms with E-state index in [4.69, 9.17) is 0 Å². The van der Waals surface area contributed by atoms with E-state index in [-0.39, 0.29) is 39.1 Å². The number of carbonyl (C=O) groups excluding carboxylic acids is 2. The number of hydrogen-bond acceptors (Lipinski definition) is 8. The molecule has 2 N–H and O–H groups in total. The van der Waals surface area contributed by atoms with Crippen LogP contribution in [0.3, 0.4) is 0 Å². The Bertz CT molecular complexity index is 1160. The van der Waals surface area contributed by atoms with Gasteiger partial charge in [0.25, 0.3) is 0 Å². The molecule has 0 atom stereocenters. The van der Waals surface area contributed by atoms with Crippen LogP contribution in [-0.2, 0) is 35.0 Å². The molecule has 2 amide bonds. The van der Waals surface area contributed by atoms with Crippen LogP contribution in [0.2, 0.25) is 0 Å². The smallest absolute Gasteiger partial charge is 0.396 e. The molecule has 2 aromatic heterocycles. The summed E-state index contributed by atoms with van der Waals surface area (Å²) in [6, 6.07) is 4.04. The first-order valence-corrected chi connectivity index (χ1v) is 14.3. The number of aliphatic hydroxyl groups excluding tert-OH is 2. The van der Waals surface area contributed by atoms with Crippen molar-refractivity contribution in [2.45, 2.75) is 52.1 Å². The van der Waals surface area contributed by atoms with Crippen LogP contribution in [0, 0.1) is 0 Å². The number of amides is 2. The number of alkyl halides is 6. The van der Waals surface area contributed by atoms with Gasteiger partial charge in [-0.1, -0.05) is 33.7 Å². The highest BCUT2D eigenvalue weighted by molar-refractivity contribution is 8.79. The highest BCUT2D eigenvalue weighted by Crippen LogP contribution is 2.42. The zero-order valence-electron chi connectivity index (χ0n) is 22.4. The van der Waals surface area contributed by atoms with Crippen LogP contribution in [0.4, 0.5) is 26.3 Å². The van der Waals surface area contributed by atoms with E-state index in [1.807, 2.05) is 0 Å². The molecule has 0 unspecified atom stereocenters. The van der Waals surface area contributed by atoms with Crippen molar-refractivity contribution in [3.05, 3.63) is 80.4 Å². The van der Waals surface area contributed by atoms with Crippen molar-refractivity contribution >= 4 is 34.4 Å². The maximum Gasteiger partial charge on any atom is 0.433 e. The Morgan fingerprint density at radius 1 is 0.738 bits per heavy atom. The Hall–Kier alpha value is -3.08.